The number of carbonyl (C=O) groups excluding carboxylic acids is 1. The highest BCUT2D eigenvalue weighted by atomic mass is 35.5. The van der Waals surface area contributed by atoms with Crippen molar-refractivity contribution in [1.82, 2.24) is 15.1 Å². The number of aromatic nitrogens is 2. The maximum atomic E-state index is 12.0. The number of hydrogen-bond donors (Lipinski definition) is 1. The van der Waals surface area contributed by atoms with E-state index in [-0.39, 0.29) is 5.91 Å². The second-order valence-electron chi connectivity index (χ2n) is 5.21. The Morgan fingerprint density at radius 3 is 2.39 bits per heavy atom. The first-order valence-corrected chi connectivity index (χ1v) is 7.67. The summed E-state index contributed by atoms with van der Waals surface area (Å²) >= 11 is 5.82. The van der Waals surface area contributed by atoms with Crippen molar-refractivity contribution in [3.05, 3.63) is 88.7 Å². The molecule has 1 amide bonds. The standard InChI is InChI=1S/C18H16ClN3O/c19-17-8-6-16(7-9-17)18(23)20-12-14-2-4-15(5-3-14)13-22-11-1-10-21-22/h1-11H,12-13H2,(H,20,23). The van der Waals surface area contributed by atoms with Crippen LogP contribution in [-0.2, 0) is 13.1 Å². The highest BCUT2D eigenvalue weighted by Crippen LogP contribution is 2.10. The average Bonchev–Trinajstić information content (AvgIpc) is 3.07. The highest BCUT2D eigenvalue weighted by Gasteiger charge is 2.05. The SMILES string of the molecule is O=C(NCc1ccc(Cn2cccn2)cc1)c1ccc(Cl)cc1. The Morgan fingerprint density at radius 2 is 1.74 bits per heavy atom. The number of carbonyl (C=O) groups is 1. The molecule has 1 N–H and O–H groups in total. The van der Waals surface area contributed by atoms with E-state index in [9.17, 15) is 4.79 Å². The van der Waals surface area contributed by atoms with Crippen LogP contribution < -0.4 is 5.32 Å². The molecule has 0 saturated heterocycles. The number of benzene rings is 2. The first-order chi connectivity index (χ1) is 11.2. The lowest BCUT2D eigenvalue weighted by Crippen LogP contribution is -2.22. The van der Waals surface area contributed by atoms with Crippen LogP contribution in [0, 0.1) is 0 Å². The zero-order chi connectivity index (χ0) is 16.1. The van der Waals surface area contributed by atoms with Gasteiger partial charge in [0.2, 0.25) is 0 Å². The van der Waals surface area contributed by atoms with E-state index < -0.39 is 0 Å². The van der Waals surface area contributed by atoms with Crippen LogP contribution in [-0.4, -0.2) is 15.7 Å². The summed E-state index contributed by atoms with van der Waals surface area (Å²) in [6.45, 7) is 1.23. The molecule has 0 aliphatic heterocycles. The number of rotatable bonds is 5. The fraction of sp³-hybridized carbons (Fsp3) is 0.111. The van der Waals surface area contributed by atoms with Crippen LogP contribution in [0.5, 0.6) is 0 Å². The lowest BCUT2D eigenvalue weighted by Gasteiger charge is -2.07. The molecule has 0 aliphatic carbocycles. The molecule has 0 unspecified atom stereocenters. The molecule has 116 valence electrons. The lowest BCUT2D eigenvalue weighted by atomic mass is 10.1. The van der Waals surface area contributed by atoms with Gasteiger partial charge in [0.1, 0.15) is 0 Å². The third-order valence-corrected chi connectivity index (χ3v) is 3.74. The van der Waals surface area contributed by atoms with Crippen molar-refractivity contribution in [1.29, 1.82) is 0 Å². The minimum absolute atomic E-state index is 0.109. The molecule has 0 fully saturated rings. The second-order valence-corrected chi connectivity index (χ2v) is 5.65. The Kier molecular flexibility index (Phi) is 4.74. The molecule has 0 aliphatic rings. The van der Waals surface area contributed by atoms with Crippen LogP contribution in [0.15, 0.2) is 67.0 Å². The van der Waals surface area contributed by atoms with E-state index in [0.717, 1.165) is 12.1 Å². The molecule has 0 radical (unpaired) electrons. The van der Waals surface area contributed by atoms with Gasteiger partial charge in [-0.1, -0.05) is 35.9 Å². The van der Waals surface area contributed by atoms with E-state index in [4.69, 9.17) is 11.6 Å². The first-order valence-electron chi connectivity index (χ1n) is 7.30. The monoisotopic (exact) mass is 325 g/mol. The van der Waals surface area contributed by atoms with E-state index in [1.54, 1.807) is 30.5 Å². The zero-order valence-corrected chi connectivity index (χ0v) is 13.2. The van der Waals surface area contributed by atoms with Crippen molar-refractivity contribution < 1.29 is 4.79 Å². The molecule has 0 atom stereocenters. The van der Waals surface area contributed by atoms with Crippen LogP contribution in [0.25, 0.3) is 0 Å². The molecule has 1 aromatic heterocycles. The summed E-state index contributed by atoms with van der Waals surface area (Å²) in [4.78, 5) is 12.0. The van der Waals surface area contributed by atoms with Crippen molar-refractivity contribution in [2.75, 3.05) is 0 Å². The number of hydrogen-bond acceptors (Lipinski definition) is 2. The van der Waals surface area contributed by atoms with Crippen molar-refractivity contribution in [3.8, 4) is 0 Å². The van der Waals surface area contributed by atoms with Gasteiger partial charge in [0.25, 0.3) is 5.91 Å². The van der Waals surface area contributed by atoms with Crippen LogP contribution in [0.4, 0.5) is 0 Å². The molecule has 1 heterocycles. The fourth-order valence-corrected chi connectivity index (χ4v) is 2.36. The number of nitrogens with zero attached hydrogens (tertiary/aromatic N) is 2. The minimum Gasteiger partial charge on any atom is -0.348 e. The lowest BCUT2D eigenvalue weighted by molar-refractivity contribution is 0.0951. The molecule has 0 saturated carbocycles. The summed E-state index contributed by atoms with van der Waals surface area (Å²) in [5.41, 5.74) is 2.82. The molecule has 0 bridgehead atoms. The Labute approximate surface area is 139 Å². The van der Waals surface area contributed by atoms with Gasteiger partial charge in [0.15, 0.2) is 0 Å². The van der Waals surface area contributed by atoms with Gasteiger partial charge in [0.05, 0.1) is 6.54 Å². The normalized spacial score (nSPS) is 10.5. The van der Waals surface area contributed by atoms with Crippen molar-refractivity contribution in [2.24, 2.45) is 0 Å². The largest absolute Gasteiger partial charge is 0.348 e. The smallest absolute Gasteiger partial charge is 0.251 e. The van der Waals surface area contributed by atoms with Crippen LogP contribution in [0.1, 0.15) is 21.5 Å². The predicted octanol–water partition coefficient (Wildman–Crippen LogP) is 3.51. The summed E-state index contributed by atoms with van der Waals surface area (Å²) < 4.78 is 1.87. The topological polar surface area (TPSA) is 46.9 Å². The predicted molar refractivity (Wildman–Crippen MR) is 90.4 cm³/mol. The number of amides is 1. The third-order valence-electron chi connectivity index (χ3n) is 3.49. The van der Waals surface area contributed by atoms with E-state index in [1.807, 2.05) is 41.2 Å². The van der Waals surface area contributed by atoms with Crippen LogP contribution in [0.3, 0.4) is 0 Å². The minimum atomic E-state index is -0.109. The van der Waals surface area contributed by atoms with Gasteiger partial charge in [-0.2, -0.15) is 5.10 Å². The van der Waals surface area contributed by atoms with E-state index in [2.05, 4.69) is 10.4 Å². The maximum absolute atomic E-state index is 12.0. The van der Waals surface area contributed by atoms with E-state index in [1.165, 1.54) is 5.56 Å². The first kappa shape index (κ1) is 15.3. The quantitative estimate of drug-likeness (QED) is 0.780. The molecular formula is C18H16ClN3O. The summed E-state index contributed by atoms with van der Waals surface area (Å²) in [6.07, 6.45) is 3.70. The molecule has 5 heteroatoms. The van der Waals surface area contributed by atoms with Crippen molar-refractivity contribution >= 4 is 17.5 Å². The molecule has 2 aromatic carbocycles. The Bertz CT molecular complexity index is 765. The second kappa shape index (κ2) is 7.11. The van der Waals surface area contributed by atoms with Crippen molar-refractivity contribution in [3.63, 3.8) is 0 Å². The van der Waals surface area contributed by atoms with Gasteiger partial charge in [0, 0.05) is 29.5 Å². The molecule has 3 rings (SSSR count). The number of halogens is 1. The molecule has 4 nitrogen and oxygen atoms in total. The fourth-order valence-electron chi connectivity index (χ4n) is 2.23. The van der Waals surface area contributed by atoms with Crippen molar-refractivity contribution in [2.45, 2.75) is 13.1 Å². The maximum Gasteiger partial charge on any atom is 0.251 e. The Hall–Kier alpha value is -2.59. The molecule has 3 aromatic rings. The van der Waals surface area contributed by atoms with E-state index >= 15 is 0 Å². The van der Waals surface area contributed by atoms with Gasteiger partial charge in [-0.3, -0.25) is 9.48 Å². The molecule has 0 spiro atoms. The molecular weight excluding hydrogens is 310 g/mol. The van der Waals surface area contributed by atoms with Crippen LogP contribution >= 0.6 is 11.6 Å². The highest BCUT2D eigenvalue weighted by molar-refractivity contribution is 6.30. The Morgan fingerprint density at radius 1 is 1.04 bits per heavy atom. The van der Waals surface area contributed by atoms with Gasteiger partial charge >= 0.3 is 0 Å². The average molecular weight is 326 g/mol. The summed E-state index contributed by atoms with van der Waals surface area (Å²) in [5, 5.41) is 7.70. The van der Waals surface area contributed by atoms with Crippen LogP contribution in [0.2, 0.25) is 5.02 Å². The number of nitrogens with one attached hydrogen (secondary N) is 1. The van der Waals surface area contributed by atoms with Gasteiger partial charge in [-0.25, -0.2) is 0 Å². The molecule has 23 heavy (non-hydrogen) atoms. The third kappa shape index (κ3) is 4.20. The van der Waals surface area contributed by atoms with Gasteiger partial charge in [-0.05, 0) is 41.5 Å². The summed E-state index contributed by atoms with van der Waals surface area (Å²) in [6, 6.07) is 16.9. The summed E-state index contributed by atoms with van der Waals surface area (Å²) in [7, 11) is 0. The summed E-state index contributed by atoms with van der Waals surface area (Å²) in [5.74, 6) is -0.109. The van der Waals surface area contributed by atoms with E-state index in [0.29, 0.717) is 17.1 Å². The zero-order valence-electron chi connectivity index (χ0n) is 12.4. The van der Waals surface area contributed by atoms with Gasteiger partial charge in [-0.15, -0.1) is 0 Å². The Balaban J connectivity index is 1.56. The van der Waals surface area contributed by atoms with Gasteiger partial charge < -0.3 is 5.32 Å².